The SMILES string of the molecule is CCOCc1cc(/C=C/C(=O)c2cccc(OC)c2)ccc1OC. The zero-order chi connectivity index (χ0) is 17.4. The Morgan fingerprint density at radius 1 is 1.08 bits per heavy atom. The van der Waals surface area contributed by atoms with E-state index in [1.807, 2.05) is 31.2 Å². The largest absolute Gasteiger partial charge is 0.497 e. The lowest BCUT2D eigenvalue weighted by molar-refractivity contribution is 0.104. The highest BCUT2D eigenvalue weighted by Crippen LogP contribution is 2.22. The first kappa shape index (κ1) is 17.8. The van der Waals surface area contributed by atoms with Crippen LogP contribution in [0.25, 0.3) is 6.08 Å². The van der Waals surface area contributed by atoms with Gasteiger partial charge in [-0.1, -0.05) is 24.3 Å². The first-order valence-corrected chi connectivity index (χ1v) is 7.79. The van der Waals surface area contributed by atoms with Crippen molar-refractivity contribution in [3.63, 3.8) is 0 Å². The standard InChI is InChI=1S/C20H22O4/c1-4-24-14-17-12-15(9-11-20(17)23-3)8-10-19(21)16-6-5-7-18(13-16)22-2/h5-13H,4,14H2,1-3H3/b10-8+. The maximum absolute atomic E-state index is 12.3. The monoisotopic (exact) mass is 326 g/mol. The molecule has 0 aromatic heterocycles. The van der Waals surface area contributed by atoms with Gasteiger partial charge < -0.3 is 14.2 Å². The Bertz CT molecular complexity index is 719. The molecule has 0 saturated carbocycles. The smallest absolute Gasteiger partial charge is 0.185 e. The predicted molar refractivity (Wildman–Crippen MR) is 94.7 cm³/mol. The Hall–Kier alpha value is -2.59. The molecule has 0 bridgehead atoms. The molecule has 2 rings (SSSR count). The fourth-order valence-electron chi connectivity index (χ4n) is 2.27. The Balaban J connectivity index is 2.16. The Morgan fingerprint density at radius 2 is 1.92 bits per heavy atom. The van der Waals surface area contributed by atoms with Gasteiger partial charge in [-0.2, -0.15) is 0 Å². The molecule has 0 atom stereocenters. The molecule has 0 spiro atoms. The van der Waals surface area contributed by atoms with E-state index in [9.17, 15) is 4.79 Å². The van der Waals surface area contributed by atoms with Gasteiger partial charge >= 0.3 is 0 Å². The fraction of sp³-hybridized carbons (Fsp3) is 0.250. The molecule has 4 heteroatoms. The molecular formula is C20H22O4. The van der Waals surface area contributed by atoms with Gasteiger partial charge in [0.05, 0.1) is 20.8 Å². The minimum absolute atomic E-state index is 0.0731. The molecule has 4 nitrogen and oxygen atoms in total. The molecule has 0 amide bonds. The van der Waals surface area contributed by atoms with E-state index >= 15 is 0 Å². The molecule has 0 heterocycles. The number of rotatable bonds is 8. The summed E-state index contributed by atoms with van der Waals surface area (Å²) in [6.45, 7) is 3.06. The maximum Gasteiger partial charge on any atom is 0.185 e. The van der Waals surface area contributed by atoms with Crippen LogP contribution in [0.15, 0.2) is 48.5 Å². The van der Waals surface area contributed by atoms with Crippen LogP contribution in [-0.2, 0) is 11.3 Å². The second-order valence-electron chi connectivity index (χ2n) is 5.14. The summed E-state index contributed by atoms with van der Waals surface area (Å²) in [4.78, 5) is 12.3. The third-order valence-electron chi connectivity index (χ3n) is 3.55. The Morgan fingerprint density at radius 3 is 2.62 bits per heavy atom. The van der Waals surface area contributed by atoms with Crippen molar-refractivity contribution in [3.05, 3.63) is 65.2 Å². The molecule has 0 fully saturated rings. The van der Waals surface area contributed by atoms with Gasteiger partial charge in [0.15, 0.2) is 5.78 Å². The maximum atomic E-state index is 12.3. The Kier molecular flexibility index (Phi) is 6.58. The van der Waals surface area contributed by atoms with Gasteiger partial charge in [-0.05, 0) is 42.8 Å². The quantitative estimate of drug-likeness (QED) is 0.540. The van der Waals surface area contributed by atoms with E-state index in [-0.39, 0.29) is 5.78 Å². The molecule has 0 unspecified atom stereocenters. The van der Waals surface area contributed by atoms with Gasteiger partial charge in [-0.3, -0.25) is 4.79 Å². The summed E-state index contributed by atoms with van der Waals surface area (Å²) in [5, 5.41) is 0. The number of allylic oxidation sites excluding steroid dienone is 1. The average Bonchev–Trinajstić information content (AvgIpc) is 2.64. The van der Waals surface area contributed by atoms with Crippen LogP contribution in [-0.4, -0.2) is 26.6 Å². The molecule has 126 valence electrons. The van der Waals surface area contributed by atoms with Crippen molar-refractivity contribution >= 4 is 11.9 Å². The number of methoxy groups -OCH3 is 2. The lowest BCUT2D eigenvalue weighted by atomic mass is 10.1. The first-order valence-electron chi connectivity index (χ1n) is 7.79. The molecule has 0 radical (unpaired) electrons. The lowest BCUT2D eigenvalue weighted by Gasteiger charge is -2.09. The van der Waals surface area contributed by atoms with E-state index in [2.05, 4.69) is 0 Å². The average molecular weight is 326 g/mol. The number of benzene rings is 2. The summed E-state index contributed by atoms with van der Waals surface area (Å²) in [6, 6.07) is 12.8. The molecule has 0 N–H and O–H groups in total. The van der Waals surface area contributed by atoms with E-state index < -0.39 is 0 Å². The van der Waals surface area contributed by atoms with Crippen LogP contribution in [0.3, 0.4) is 0 Å². The van der Waals surface area contributed by atoms with Crippen molar-refractivity contribution in [1.29, 1.82) is 0 Å². The fourth-order valence-corrected chi connectivity index (χ4v) is 2.27. The van der Waals surface area contributed by atoms with Crippen LogP contribution >= 0.6 is 0 Å². The molecule has 0 saturated heterocycles. The number of hydrogen-bond donors (Lipinski definition) is 0. The van der Waals surface area contributed by atoms with Crippen molar-refractivity contribution in [2.45, 2.75) is 13.5 Å². The predicted octanol–water partition coefficient (Wildman–Crippen LogP) is 4.14. The molecule has 2 aromatic carbocycles. The van der Waals surface area contributed by atoms with Crippen LogP contribution in [0.1, 0.15) is 28.4 Å². The number of carbonyl (C=O) groups excluding carboxylic acids is 1. The van der Waals surface area contributed by atoms with Gasteiger partial charge in [0.1, 0.15) is 11.5 Å². The molecule has 0 aliphatic carbocycles. The van der Waals surface area contributed by atoms with Gasteiger partial charge in [0.2, 0.25) is 0 Å². The van der Waals surface area contributed by atoms with Crippen molar-refractivity contribution in [2.75, 3.05) is 20.8 Å². The zero-order valence-corrected chi connectivity index (χ0v) is 14.2. The van der Waals surface area contributed by atoms with Gasteiger partial charge in [-0.25, -0.2) is 0 Å². The van der Waals surface area contributed by atoms with Crippen LogP contribution in [0.2, 0.25) is 0 Å². The zero-order valence-electron chi connectivity index (χ0n) is 14.2. The van der Waals surface area contributed by atoms with E-state index in [0.29, 0.717) is 24.5 Å². The topological polar surface area (TPSA) is 44.8 Å². The summed E-state index contributed by atoms with van der Waals surface area (Å²) in [5.74, 6) is 1.37. The van der Waals surface area contributed by atoms with Gasteiger partial charge in [-0.15, -0.1) is 0 Å². The van der Waals surface area contributed by atoms with E-state index in [0.717, 1.165) is 16.9 Å². The number of hydrogen-bond acceptors (Lipinski definition) is 4. The minimum Gasteiger partial charge on any atom is -0.497 e. The molecule has 0 aliphatic heterocycles. The van der Waals surface area contributed by atoms with Gasteiger partial charge in [0.25, 0.3) is 0 Å². The second-order valence-corrected chi connectivity index (χ2v) is 5.14. The summed E-state index contributed by atoms with van der Waals surface area (Å²) in [7, 11) is 3.21. The van der Waals surface area contributed by atoms with Crippen molar-refractivity contribution in [3.8, 4) is 11.5 Å². The second kappa shape index (κ2) is 8.89. The van der Waals surface area contributed by atoms with Crippen molar-refractivity contribution in [1.82, 2.24) is 0 Å². The third-order valence-corrected chi connectivity index (χ3v) is 3.55. The highest BCUT2D eigenvalue weighted by atomic mass is 16.5. The molecule has 0 aliphatic rings. The minimum atomic E-state index is -0.0731. The Labute approximate surface area is 142 Å². The number of ketones is 1. The van der Waals surface area contributed by atoms with Crippen molar-refractivity contribution in [2.24, 2.45) is 0 Å². The molecule has 2 aromatic rings. The third kappa shape index (κ3) is 4.70. The van der Waals surface area contributed by atoms with E-state index in [1.165, 1.54) is 0 Å². The summed E-state index contributed by atoms with van der Waals surface area (Å²) in [5.41, 5.74) is 2.46. The van der Waals surface area contributed by atoms with Crippen LogP contribution in [0.4, 0.5) is 0 Å². The van der Waals surface area contributed by atoms with Crippen LogP contribution in [0, 0.1) is 0 Å². The van der Waals surface area contributed by atoms with Gasteiger partial charge in [0, 0.05) is 17.7 Å². The highest BCUT2D eigenvalue weighted by Gasteiger charge is 2.05. The lowest BCUT2D eigenvalue weighted by Crippen LogP contribution is -1.97. The van der Waals surface area contributed by atoms with E-state index in [1.54, 1.807) is 44.6 Å². The van der Waals surface area contributed by atoms with Crippen LogP contribution in [0.5, 0.6) is 11.5 Å². The number of carbonyl (C=O) groups is 1. The summed E-state index contributed by atoms with van der Waals surface area (Å²) >= 11 is 0. The normalized spacial score (nSPS) is 10.8. The number of ether oxygens (including phenoxy) is 3. The summed E-state index contributed by atoms with van der Waals surface area (Å²) in [6.07, 6.45) is 3.34. The first-order chi connectivity index (χ1) is 11.7. The van der Waals surface area contributed by atoms with E-state index in [4.69, 9.17) is 14.2 Å². The molecular weight excluding hydrogens is 304 g/mol. The summed E-state index contributed by atoms with van der Waals surface area (Å²) < 4.78 is 15.9. The van der Waals surface area contributed by atoms with Crippen molar-refractivity contribution < 1.29 is 19.0 Å². The molecule has 24 heavy (non-hydrogen) atoms. The highest BCUT2D eigenvalue weighted by molar-refractivity contribution is 6.07. The van der Waals surface area contributed by atoms with Crippen LogP contribution < -0.4 is 9.47 Å².